The van der Waals surface area contributed by atoms with Gasteiger partial charge >= 0.3 is 0 Å². The predicted molar refractivity (Wildman–Crippen MR) is 81.3 cm³/mol. The number of rotatable bonds is 3. The lowest BCUT2D eigenvalue weighted by Gasteiger charge is -2.35. The van der Waals surface area contributed by atoms with E-state index >= 15 is 0 Å². The van der Waals surface area contributed by atoms with E-state index in [-0.39, 0.29) is 4.90 Å². The first-order chi connectivity index (χ1) is 9.78. The fraction of sp³-hybridized carbons (Fsp3) is 0.533. The molecule has 1 N–H and O–H groups in total. The largest absolute Gasteiger partial charge is 0.306 e. The molecular weight excluding hydrogens is 286 g/mol. The Kier molecular flexibility index (Phi) is 4.38. The van der Waals surface area contributed by atoms with Gasteiger partial charge in [-0.25, -0.2) is 8.42 Å². The first-order valence-electron chi connectivity index (χ1n) is 6.99. The van der Waals surface area contributed by atoms with Crippen molar-refractivity contribution < 1.29 is 8.42 Å². The summed E-state index contributed by atoms with van der Waals surface area (Å²) in [4.78, 5) is 2.35. The Morgan fingerprint density at radius 2 is 1.90 bits per heavy atom. The summed E-state index contributed by atoms with van der Waals surface area (Å²) in [6, 6.07) is 7.39. The van der Waals surface area contributed by atoms with Crippen LogP contribution in [-0.4, -0.2) is 39.0 Å². The summed E-state index contributed by atoms with van der Waals surface area (Å²) in [6.07, 6.45) is 1.01. The van der Waals surface area contributed by atoms with E-state index in [4.69, 9.17) is 0 Å². The van der Waals surface area contributed by atoms with E-state index in [1.54, 1.807) is 19.1 Å². The summed E-state index contributed by atoms with van der Waals surface area (Å²) in [7, 11) is -1.71. The lowest BCUT2D eigenvalue weighted by Crippen LogP contribution is -2.53. The molecule has 0 atom stereocenters. The van der Waals surface area contributed by atoms with Crippen molar-refractivity contribution in [3.05, 3.63) is 29.3 Å². The second kappa shape index (κ2) is 5.76. The third kappa shape index (κ3) is 3.43. The number of sulfonamides is 1. The molecule has 1 saturated heterocycles. The molecule has 1 heterocycles. The van der Waals surface area contributed by atoms with Gasteiger partial charge < -0.3 is 4.90 Å². The van der Waals surface area contributed by atoms with Crippen LogP contribution in [-0.2, 0) is 10.0 Å². The minimum absolute atomic E-state index is 0.252. The summed E-state index contributed by atoms with van der Waals surface area (Å²) in [5.41, 5.74) is 0.715. The average Bonchev–Trinajstić information content (AvgIpc) is 2.41. The molecule has 1 aliphatic rings. The van der Waals surface area contributed by atoms with Gasteiger partial charge in [0.05, 0.1) is 11.0 Å². The summed E-state index contributed by atoms with van der Waals surface area (Å²) in [6.45, 7) is 5.12. The van der Waals surface area contributed by atoms with Crippen LogP contribution in [0.1, 0.15) is 24.0 Å². The lowest BCUT2D eigenvalue weighted by atomic mass is 9.91. The molecule has 1 aliphatic heterocycles. The molecule has 0 bridgehead atoms. The summed E-state index contributed by atoms with van der Waals surface area (Å²) in [5.74, 6) is 0. The van der Waals surface area contributed by atoms with E-state index in [0.29, 0.717) is 31.5 Å². The number of likely N-dealkylation sites (tertiary alicyclic amines) is 1. The minimum atomic E-state index is -3.69. The van der Waals surface area contributed by atoms with Crippen molar-refractivity contribution in [2.24, 2.45) is 0 Å². The average molecular weight is 307 g/mol. The van der Waals surface area contributed by atoms with Crippen LogP contribution in [0.3, 0.4) is 0 Å². The van der Waals surface area contributed by atoms with Crippen molar-refractivity contribution in [2.45, 2.75) is 37.1 Å². The second-order valence-electron chi connectivity index (χ2n) is 5.87. The maximum atomic E-state index is 12.6. The molecule has 1 fully saturated rings. The minimum Gasteiger partial charge on any atom is -0.306 e. The first kappa shape index (κ1) is 16.0. The predicted octanol–water partition coefficient (Wildman–Crippen LogP) is 1.57. The van der Waals surface area contributed by atoms with Gasteiger partial charge in [-0.1, -0.05) is 17.7 Å². The molecule has 0 radical (unpaired) electrons. The normalized spacial score (nSPS) is 19.1. The fourth-order valence-corrected chi connectivity index (χ4v) is 4.25. The number of benzene rings is 1. The number of hydrogen-bond donors (Lipinski definition) is 1. The monoisotopic (exact) mass is 307 g/mol. The molecule has 0 unspecified atom stereocenters. The van der Waals surface area contributed by atoms with Gasteiger partial charge in [0.1, 0.15) is 5.54 Å². The third-order valence-corrected chi connectivity index (χ3v) is 5.70. The Morgan fingerprint density at radius 1 is 1.29 bits per heavy atom. The smallest absolute Gasteiger partial charge is 0.242 e. The summed E-state index contributed by atoms with van der Waals surface area (Å²) < 4.78 is 27.8. The topological polar surface area (TPSA) is 73.2 Å². The van der Waals surface area contributed by atoms with E-state index < -0.39 is 15.6 Å². The maximum Gasteiger partial charge on any atom is 0.242 e. The van der Waals surface area contributed by atoms with E-state index in [1.165, 1.54) is 0 Å². The molecule has 114 valence electrons. The zero-order valence-electron chi connectivity index (χ0n) is 12.7. The van der Waals surface area contributed by atoms with Gasteiger partial charge in [0, 0.05) is 13.1 Å². The van der Waals surface area contributed by atoms with E-state index in [9.17, 15) is 13.7 Å². The quantitative estimate of drug-likeness (QED) is 0.920. The molecule has 6 heteroatoms. The molecule has 0 amide bonds. The second-order valence-corrected chi connectivity index (χ2v) is 7.52. The van der Waals surface area contributed by atoms with Crippen molar-refractivity contribution >= 4 is 10.0 Å². The molecule has 0 spiro atoms. The van der Waals surface area contributed by atoms with Crippen LogP contribution in [0.15, 0.2) is 23.1 Å². The van der Waals surface area contributed by atoms with Gasteiger partial charge in [-0.3, -0.25) is 0 Å². The van der Waals surface area contributed by atoms with Crippen molar-refractivity contribution in [2.75, 3.05) is 20.1 Å². The molecule has 0 aromatic heterocycles. The molecule has 5 nitrogen and oxygen atoms in total. The maximum absolute atomic E-state index is 12.6. The van der Waals surface area contributed by atoms with Crippen LogP contribution in [0.2, 0.25) is 0 Å². The Bertz CT molecular complexity index is 669. The van der Waals surface area contributed by atoms with Gasteiger partial charge in [0.2, 0.25) is 10.0 Å². The van der Waals surface area contributed by atoms with Gasteiger partial charge in [-0.05, 0) is 45.4 Å². The van der Waals surface area contributed by atoms with Gasteiger partial charge in [-0.2, -0.15) is 9.98 Å². The highest BCUT2D eigenvalue weighted by molar-refractivity contribution is 7.89. The van der Waals surface area contributed by atoms with Crippen molar-refractivity contribution in [1.29, 1.82) is 5.26 Å². The van der Waals surface area contributed by atoms with Crippen molar-refractivity contribution in [3.8, 4) is 6.07 Å². The van der Waals surface area contributed by atoms with Gasteiger partial charge in [0.25, 0.3) is 0 Å². The molecule has 2 rings (SSSR count). The number of piperidine rings is 1. The van der Waals surface area contributed by atoms with Crippen LogP contribution in [0.5, 0.6) is 0 Å². The SMILES string of the molecule is Cc1ccc(S(=O)(=O)NC2(C#N)CCN(C)CC2)c(C)c1. The van der Waals surface area contributed by atoms with E-state index in [1.807, 2.05) is 20.0 Å². The lowest BCUT2D eigenvalue weighted by molar-refractivity contribution is 0.213. The number of nitrogens with one attached hydrogen (secondary N) is 1. The molecule has 1 aromatic rings. The highest BCUT2D eigenvalue weighted by Gasteiger charge is 2.38. The number of nitrogens with zero attached hydrogens (tertiary/aromatic N) is 2. The van der Waals surface area contributed by atoms with Gasteiger partial charge in [0.15, 0.2) is 0 Å². The standard InChI is InChI=1S/C15H21N3O2S/c1-12-4-5-14(13(2)10-12)21(19,20)17-15(11-16)6-8-18(3)9-7-15/h4-5,10,17H,6-9H2,1-3H3. The molecular formula is C15H21N3O2S. The van der Waals surface area contributed by atoms with Crippen molar-refractivity contribution in [1.82, 2.24) is 9.62 Å². The van der Waals surface area contributed by atoms with Gasteiger partial charge in [-0.15, -0.1) is 0 Å². The van der Waals surface area contributed by atoms with Crippen molar-refractivity contribution in [3.63, 3.8) is 0 Å². The van der Waals surface area contributed by atoms with Crippen LogP contribution in [0, 0.1) is 25.2 Å². The van der Waals surface area contributed by atoms with Crippen LogP contribution < -0.4 is 4.72 Å². The molecule has 0 aliphatic carbocycles. The number of aryl methyl sites for hydroxylation is 2. The Labute approximate surface area is 126 Å². The van der Waals surface area contributed by atoms with E-state index in [0.717, 1.165) is 5.56 Å². The fourth-order valence-electron chi connectivity index (χ4n) is 2.65. The number of nitriles is 1. The summed E-state index contributed by atoms with van der Waals surface area (Å²) >= 11 is 0. The van der Waals surface area contributed by atoms with Crippen LogP contribution >= 0.6 is 0 Å². The first-order valence-corrected chi connectivity index (χ1v) is 8.47. The van der Waals surface area contributed by atoms with Crippen LogP contribution in [0.25, 0.3) is 0 Å². The molecule has 1 aromatic carbocycles. The Morgan fingerprint density at radius 3 is 2.43 bits per heavy atom. The molecule has 21 heavy (non-hydrogen) atoms. The van der Waals surface area contributed by atoms with Crippen LogP contribution in [0.4, 0.5) is 0 Å². The zero-order chi connectivity index (χ0) is 15.7. The third-order valence-electron chi connectivity index (χ3n) is 4.00. The molecule has 0 saturated carbocycles. The zero-order valence-corrected chi connectivity index (χ0v) is 13.5. The summed E-state index contributed by atoms with van der Waals surface area (Å²) in [5, 5.41) is 9.46. The Balaban J connectivity index is 2.30. The Hall–Kier alpha value is -1.42. The highest BCUT2D eigenvalue weighted by atomic mass is 32.2. The number of hydrogen-bond acceptors (Lipinski definition) is 4. The highest BCUT2D eigenvalue weighted by Crippen LogP contribution is 2.25. The van der Waals surface area contributed by atoms with E-state index in [2.05, 4.69) is 15.7 Å².